The van der Waals surface area contributed by atoms with Gasteiger partial charge in [0.1, 0.15) is 11.4 Å². The number of aryl methyl sites for hydroxylation is 1. The molecule has 1 heterocycles. The molecular weight excluding hydrogens is 228 g/mol. The van der Waals surface area contributed by atoms with Gasteiger partial charge in [0.05, 0.1) is 6.20 Å². The fourth-order valence-corrected chi connectivity index (χ4v) is 1.66. The molecule has 0 aliphatic carbocycles. The molecule has 1 amide bonds. The average Bonchev–Trinajstić information content (AvgIpc) is 2.76. The molecule has 2 aromatic rings. The molecule has 0 saturated heterocycles. The van der Waals surface area contributed by atoms with Gasteiger partial charge in [0, 0.05) is 13.1 Å². The Morgan fingerprint density at radius 1 is 1.33 bits per heavy atom. The van der Waals surface area contributed by atoms with E-state index in [1.807, 2.05) is 30.3 Å². The van der Waals surface area contributed by atoms with E-state index in [0.717, 1.165) is 5.56 Å². The van der Waals surface area contributed by atoms with Crippen molar-refractivity contribution in [3.63, 3.8) is 0 Å². The number of carbonyl (C=O) groups excluding carboxylic acids is 1. The Labute approximate surface area is 106 Å². The Morgan fingerprint density at radius 2 is 2.00 bits per heavy atom. The normalized spacial score (nSPS) is 13.9. The van der Waals surface area contributed by atoms with Crippen LogP contribution in [0, 0.1) is 0 Å². The third kappa shape index (κ3) is 2.26. The lowest BCUT2D eigenvalue weighted by Crippen LogP contribution is -2.45. The van der Waals surface area contributed by atoms with Gasteiger partial charge in [-0.3, -0.25) is 9.48 Å². The molecule has 5 nitrogen and oxygen atoms in total. The summed E-state index contributed by atoms with van der Waals surface area (Å²) in [6.07, 6.45) is 1.62. The number of aromatic nitrogens is 2. The number of nitrogens with zero attached hydrogens (tertiary/aromatic N) is 2. The Morgan fingerprint density at radius 3 is 2.56 bits per heavy atom. The zero-order chi connectivity index (χ0) is 13.2. The molecule has 94 valence electrons. The van der Waals surface area contributed by atoms with Gasteiger partial charge in [-0.1, -0.05) is 30.3 Å². The minimum Gasteiger partial charge on any atom is -0.314 e. The van der Waals surface area contributed by atoms with E-state index < -0.39 is 5.54 Å². The molecular formula is C13H16N4O. The molecule has 0 bridgehead atoms. The number of hydrogen-bond donors (Lipinski definition) is 2. The van der Waals surface area contributed by atoms with Crippen molar-refractivity contribution in [2.24, 2.45) is 12.8 Å². The Bertz CT molecular complexity index is 545. The third-order valence-corrected chi connectivity index (χ3v) is 2.91. The van der Waals surface area contributed by atoms with Gasteiger partial charge in [-0.15, -0.1) is 0 Å². The first-order valence-corrected chi connectivity index (χ1v) is 5.65. The fraction of sp³-hybridized carbons (Fsp3) is 0.231. The second-order valence-corrected chi connectivity index (χ2v) is 4.36. The zero-order valence-electron chi connectivity index (χ0n) is 10.4. The van der Waals surface area contributed by atoms with Gasteiger partial charge >= 0.3 is 0 Å². The van der Waals surface area contributed by atoms with Gasteiger partial charge in [0.25, 0.3) is 0 Å². The minimum absolute atomic E-state index is 0.266. The number of anilines is 1. The highest BCUT2D eigenvalue weighted by Gasteiger charge is 2.30. The second-order valence-electron chi connectivity index (χ2n) is 4.36. The fourth-order valence-electron chi connectivity index (χ4n) is 1.66. The molecule has 0 spiro atoms. The largest absolute Gasteiger partial charge is 0.314 e. The van der Waals surface area contributed by atoms with Crippen LogP contribution in [0.5, 0.6) is 0 Å². The van der Waals surface area contributed by atoms with Crippen LogP contribution < -0.4 is 11.1 Å². The number of benzene rings is 1. The van der Waals surface area contributed by atoms with Crippen molar-refractivity contribution in [2.45, 2.75) is 12.5 Å². The average molecular weight is 244 g/mol. The maximum atomic E-state index is 12.2. The van der Waals surface area contributed by atoms with Gasteiger partial charge in [-0.2, -0.15) is 5.10 Å². The summed E-state index contributed by atoms with van der Waals surface area (Å²) in [7, 11) is 1.76. The van der Waals surface area contributed by atoms with Crippen LogP contribution in [0.2, 0.25) is 0 Å². The van der Waals surface area contributed by atoms with Gasteiger partial charge in [0.2, 0.25) is 5.91 Å². The lowest BCUT2D eigenvalue weighted by molar-refractivity contribution is -0.120. The predicted molar refractivity (Wildman–Crippen MR) is 69.8 cm³/mol. The monoisotopic (exact) mass is 244 g/mol. The number of nitrogens with one attached hydrogen (secondary N) is 1. The van der Waals surface area contributed by atoms with Crippen molar-refractivity contribution < 1.29 is 4.79 Å². The topological polar surface area (TPSA) is 72.9 Å². The van der Waals surface area contributed by atoms with E-state index in [2.05, 4.69) is 10.4 Å². The van der Waals surface area contributed by atoms with Crippen LogP contribution in [0.4, 0.5) is 5.82 Å². The maximum absolute atomic E-state index is 12.2. The molecule has 2 rings (SSSR count). The van der Waals surface area contributed by atoms with E-state index in [4.69, 9.17) is 5.73 Å². The molecule has 18 heavy (non-hydrogen) atoms. The second kappa shape index (κ2) is 4.62. The summed E-state index contributed by atoms with van der Waals surface area (Å²) in [6.45, 7) is 1.69. The van der Waals surface area contributed by atoms with Crippen molar-refractivity contribution in [3.05, 3.63) is 48.2 Å². The Kier molecular flexibility index (Phi) is 3.16. The van der Waals surface area contributed by atoms with E-state index >= 15 is 0 Å². The molecule has 1 unspecified atom stereocenters. The number of hydrogen-bond acceptors (Lipinski definition) is 3. The van der Waals surface area contributed by atoms with Crippen LogP contribution >= 0.6 is 0 Å². The van der Waals surface area contributed by atoms with Gasteiger partial charge < -0.3 is 11.1 Å². The van der Waals surface area contributed by atoms with E-state index in [9.17, 15) is 4.79 Å². The predicted octanol–water partition coefficient (Wildman–Crippen LogP) is 1.23. The molecule has 0 fully saturated rings. The summed E-state index contributed by atoms with van der Waals surface area (Å²) in [5.41, 5.74) is 5.80. The highest BCUT2D eigenvalue weighted by molar-refractivity contribution is 5.97. The summed E-state index contributed by atoms with van der Waals surface area (Å²) in [5, 5.41) is 6.75. The molecule has 0 aliphatic heterocycles. The van der Waals surface area contributed by atoms with Crippen LogP contribution in [0.1, 0.15) is 12.5 Å². The Balaban J connectivity index is 2.21. The van der Waals surface area contributed by atoms with Crippen LogP contribution in [0.25, 0.3) is 0 Å². The molecule has 0 aliphatic rings. The summed E-state index contributed by atoms with van der Waals surface area (Å²) < 4.78 is 1.58. The molecule has 0 radical (unpaired) electrons. The smallest absolute Gasteiger partial charge is 0.249 e. The molecule has 3 N–H and O–H groups in total. The molecule has 0 saturated carbocycles. The van der Waals surface area contributed by atoms with Gasteiger partial charge in [-0.25, -0.2) is 0 Å². The number of carbonyl (C=O) groups is 1. The van der Waals surface area contributed by atoms with Crippen LogP contribution in [-0.2, 0) is 17.4 Å². The number of amides is 1. The highest BCUT2D eigenvalue weighted by atomic mass is 16.2. The van der Waals surface area contributed by atoms with Crippen LogP contribution in [0.15, 0.2) is 42.6 Å². The van der Waals surface area contributed by atoms with Gasteiger partial charge in [0.15, 0.2) is 0 Å². The van der Waals surface area contributed by atoms with Crippen molar-refractivity contribution in [3.8, 4) is 0 Å². The van der Waals surface area contributed by atoms with E-state index in [0.29, 0.717) is 5.82 Å². The van der Waals surface area contributed by atoms with Crippen molar-refractivity contribution in [1.82, 2.24) is 9.78 Å². The van der Waals surface area contributed by atoms with E-state index in [1.54, 1.807) is 30.9 Å². The molecule has 1 atom stereocenters. The quantitative estimate of drug-likeness (QED) is 0.853. The van der Waals surface area contributed by atoms with E-state index in [-0.39, 0.29) is 5.91 Å². The van der Waals surface area contributed by atoms with Crippen molar-refractivity contribution >= 4 is 11.7 Å². The standard InChI is InChI=1S/C13H16N4O/c1-13(14,10-6-4-3-5-7-10)12(18)16-11-8-9-15-17(11)2/h3-9H,14H2,1-2H3,(H,16,18). The number of rotatable bonds is 3. The SMILES string of the molecule is Cn1nccc1NC(=O)C(C)(N)c1ccccc1. The molecule has 1 aromatic heterocycles. The van der Waals surface area contributed by atoms with E-state index in [1.165, 1.54) is 0 Å². The molecule has 5 heteroatoms. The van der Waals surface area contributed by atoms with Gasteiger partial charge in [-0.05, 0) is 12.5 Å². The van der Waals surface area contributed by atoms with Crippen LogP contribution in [0.3, 0.4) is 0 Å². The first-order valence-electron chi connectivity index (χ1n) is 5.65. The lowest BCUT2D eigenvalue weighted by Gasteiger charge is -2.23. The maximum Gasteiger partial charge on any atom is 0.249 e. The van der Waals surface area contributed by atoms with Crippen molar-refractivity contribution in [1.29, 1.82) is 0 Å². The Hall–Kier alpha value is -2.14. The first kappa shape index (κ1) is 12.3. The van der Waals surface area contributed by atoms with Crippen molar-refractivity contribution in [2.75, 3.05) is 5.32 Å². The van der Waals surface area contributed by atoms with Crippen LogP contribution in [-0.4, -0.2) is 15.7 Å². The number of nitrogens with two attached hydrogens (primary N) is 1. The summed E-state index contributed by atoms with van der Waals surface area (Å²) >= 11 is 0. The minimum atomic E-state index is -1.08. The molecule has 1 aromatic carbocycles. The summed E-state index contributed by atoms with van der Waals surface area (Å²) in [5.74, 6) is 0.352. The summed E-state index contributed by atoms with van der Waals surface area (Å²) in [4.78, 5) is 12.2. The highest BCUT2D eigenvalue weighted by Crippen LogP contribution is 2.19. The summed E-state index contributed by atoms with van der Waals surface area (Å²) in [6, 6.07) is 11.0. The zero-order valence-corrected chi connectivity index (χ0v) is 10.4. The third-order valence-electron chi connectivity index (χ3n) is 2.91. The lowest BCUT2D eigenvalue weighted by atomic mass is 9.92. The first-order chi connectivity index (χ1) is 8.51.